The Hall–Kier alpha value is -4.65. The Morgan fingerprint density at radius 3 is 2.52 bits per heavy atom. The van der Waals surface area contributed by atoms with Crippen LogP contribution in [-0.4, -0.2) is 90.5 Å². The summed E-state index contributed by atoms with van der Waals surface area (Å²) < 4.78 is 27.2. The third-order valence-electron chi connectivity index (χ3n) is 10.8. The summed E-state index contributed by atoms with van der Waals surface area (Å²) in [5.74, 6) is -0.756. The van der Waals surface area contributed by atoms with Gasteiger partial charge in [-0.15, -0.1) is 0 Å². The molecule has 2 N–H and O–H groups in total. The van der Waals surface area contributed by atoms with Crippen molar-refractivity contribution in [3.05, 3.63) is 77.6 Å². The van der Waals surface area contributed by atoms with Gasteiger partial charge in [0.2, 0.25) is 5.91 Å². The summed E-state index contributed by atoms with van der Waals surface area (Å²) >= 11 is 0. The zero-order valence-corrected chi connectivity index (χ0v) is 34.2. The van der Waals surface area contributed by atoms with Crippen LogP contribution in [-0.2, 0) is 43.2 Å². The van der Waals surface area contributed by atoms with Gasteiger partial charge in [0.15, 0.2) is 0 Å². The van der Waals surface area contributed by atoms with E-state index in [1.807, 2.05) is 39.0 Å². The number of aromatic nitrogens is 2. The van der Waals surface area contributed by atoms with Crippen molar-refractivity contribution in [2.24, 2.45) is 11.3 Å². The normalized spacial score (nSPS) is 15.2. The Morgan fingerprint density at radius 1 is 1.09 bits per heavy atom. The highest BCUT2D eigenvalue weighted by Gasteiger charge is 2.33. The number of amides is 2. The number of benzene rings is 2. The van der Waals surface area contributed by atoms with Crippen LogP contribution in [0.4, 0.5) is 4.39 Å². The average molecular weight is 771 g/mol. The molecule has 2 aromatic heterocycles. The summed E-state index contributed by atoms with van der Waals surface area (Å²) in [4.78, 5) is 45.0. The van der Waals surface area contributed by atoms with E-state index in [0.29, 0.717) is 32.5 Å². The highest BCUT2D eigenvalue weighted by molar-refractivity contribution is 5.95. The second-order valence-corrected chi connectivity index (χ2v) is 16.0. The number of pyridine rings is 1. The first-order valence-electron chi connectivity index (χ1n) is 19.7. The van der Waals surface area contributed by atoms with E-state index in [9.17, 15) is 18.8 Å². The predicted octanol–water partition coefficient (Wildman–Crippen LogP) is 6.88. The fraction of sp³-hybridized carbons (Fsp3) is 0.500. The maximum Gasteiger partial charge on any atom is 0.293 e. The van der Waals surface area contributed by atoms with Crippen LogP contribution in [0, 0.1) is 11.3 Å². The number of rotatable bonds is 18. The van der Waals surface area contributed by atoms with Gasteiger partial charge in [-0.25, -0.2) is 9.82 Å². The standard InChI is InChI=1S/C44H59FN6O5/c1-9-50-38-18-17-33(24-35(38)36(25-44(5,6)26-56-28-52)41(50)34-16-13-19-46-39(34)30(4)55-8)32-15-12-14-31(22-32)23-37(43(54)51-21-11-10-20-47-51)48-42(53)40(29(2)3)49(7)27-45/h12-19,22,24,28-30,37,40,47H,9-11,20-21,23,25-27H2,1-8H3,(H,48,53). The second-order valence-electron chi connectivity index (χ2n) is 16.0. The molecule has 1 aliphatic rings. The third-order valence-corrected chi connectivity index (χ3v) is 10.8. The van der Waals surface area contributed by atoms with Crippen LogP contribution < -0.4 is 10.7 Å². The number of carbonyl (C=O) groups is 3. The fourth-order valence-electron chi connectivity index (χ4n) is 7.98. The van der Waals surface area contributed by atoms with E-state index >= 15 is 0 Å². The van der Waals surface area contributed by atoms with Gasteiger partial charge < -0.3 is 19.4 Å². The number of likely N-dealkylation sites (N-methyl/N-ethyl adjacent to an activating group) is 1. The van der Waals surface area contributed by atoms with E-state index in [0.717, 1.165) is 62.9 Å². The lowest BCUT2D eigenvalue weighted by Gasteiger charge is -2.33. The Morgan fingerprint density at radius 2 is 1.86 bits per heavy atom. The van der Waals surface area contributed by atoms with Crippen LogP contribution in [0.25, 0.3) is 33.3 Å². The van der Waals surface area contributed by atoms with E-state index in [1.54, 1.807) is 25.4 Å². The molecule has 3 unspecified atom stereocenters. The number of alkyl halides is 1. The van der Waals surface area contributed by atoms with E-state index in [1.165, 1.54) is 4.90 Å². The molecule has 56 heavy (non-hydrogen) atoms. The monoisotopic (exact) mass is 770 g/mol. The average Bonchev–Trinajstić information content (AvgIpc) is 3.50. The quantitative estimate of drug-likeness (QED) is 0.0832. The molecule has 1 saturated heterocycles. The number of nitrogens with zero attached hydrogens (tertiary/aromatic N) is 4. The van der Waals surface area contributed by atoms with E-state index in [2.05, 4.69) is 72.5 Å². The lowest BCUT2D eigenvalue weighted by molar-refractivity contribution is -0.141. The molecule has 0 aliphatic carbocycles. The maximum atomic E-state index is 14.0. The van der Waals surface area contributed by atoms with E-state index < -0.39 is 18.9 Å². The molecule has 12 heteroatoms. The summed E-state index contributed by atoms with van der Waals surface area (Å²) in [6, 6.07) is 17.0. The van der Waals surface area contributed by atoms with Crippen molar-refractivity contribution in [1.82, 2.24) is 30.2 Å². The van der Waals surface area contributed by atoms with Gasteiger partial charge in [-0.3, -0.25) is 29.3 Å². The molecule has 1 fully saturated rings. The summed E-state index contributed by atoms with van der Waals surface area (Å²) in [6.45, 7) is 14.0. The van der Waals surface area contributed by atoms with Gasteiger partial charge in [-0.1, -0.05) is 58.0 Å². The highest BCUT2D eigenvalue weighted by Crippen LogP contribution is 2.41. The van der Waals surface area contributed by atoms with E-state index in [4.69, 9.17) is 14.5 Å². The minimum Gasteiger partial charge on any atom is -0.467 e. The number of halogens is 1. The molecular weight excluding hydrogens is 712 g/mol. The lowest BCUT2D eigenvalue weighted by Crippen LogP contribution is -2.59. The zero-order chi connectivity index (χ0) is 40.6. The zero-order valence-electron chi connectivity index (χ0n) is 34.2. The van der Waals surface area contributed by atoms with Crippen LogP contribution in [0.3, 0.4) is 0 Å². The minimum absolute atomic E-state index is 0.165. The van der Waals surface area contributed by atoms with Crippen molar-refractivity contribution in [1.29, 1.82) is 0 Å². The third kappa shape index (κ3) is 9.65. The topological polar surface area (TPSA) is 118 Å². The Labute approximate surface area is 330 Å². The molecule has 11 nitrogen and oxygen atoms in total. The minimum atomic E-state index is -0.855. The molecule has 3 atom stereocenters. The predicted molar refractivity (Wildman–Crippen MR) is 218 cm³/mol. The lowest BCUT2D eigenvalue weighted by atomic mass is 9.84. The molecule has 3 heterocycles. The second kappa shape index (κ2) is 19.0. The summed E-state index contributed by atoms with van der Waals surface area (Å²) in [5, 5.41) is 5.69. The molecule has 1 aliphatic heterocycles. The molecule has 0 saturated carbocycles. The van der Waals surface area contributed by atoms with Crippen LogP contribution in [0.15, 0.2) is 60.8 Å². The number of fused-ring (bicyclic) bond motifs is 1. The molecule has 302 valence electrons. The number of hydrogen-bond acceptors (Lipinski definition) is 8. The maximum absolute atomic E-state index is 14.0. The molecule has 4 aromatic rings. The molecule has 0 radical (unpaired) electrons. The molecule has 0 spiro atoms. The fourth-order valence-corrected chi connectivity index (χ4v) is 7.98. The number of hydrazine groups is 1. The van der Waals surface area contributed by atoms with Gasteiger partial charge in [-0.2, -0.15) is 0 Å². The molecule has 2 amide bonds. The molecule has 5 rings (SSSR count). The van der Waals surface area contributed by atoms with Crippen LogP contribution in [0.1, 0.15) is 77.3 Å². The number of methoxy groups -OCH3 is 1. The summed E-state index contributed by atoms with van der Waals surface area (Å²) in [7, 11) is 3.26. The SMILES string of the molecule is CCn1c(-c2cccnc2C(C)OC)c(CC(C)(C)COC=O)c2cc(-c3cccc(CC(NC(=O)C(C(C)C)N(C)CF)C(=O)N4CCCCN4)c3)ccc21. The highest BCUT2D eigenvalue weighted by atomic mass is 19.1. The Kier molecular flexibility index (Phi) is 14.4. The Balaban J connectivity index is 1.59. The van der Waals surface area contributed by atoms with Crippen molar-refractivity contribution < 1.29 is 28.2 Å². The van der Waals surface area contributed by atoms with Gasteiger partial charge in [0.1, 0.15) is 12.8 Å². The molecular formula is C44H59FN6O5. The first-order valence-corrected chi connectivity index (χ1v) is 19.7. The van der Waals surface area contributed by atoms with Crippen molar-refractivity contribution in [3.63, 3.8) is 0 Å². The number of aryl methyl sites for hydroxylation is 1. The van der Waals surface area contributed by atoms with Gasteiger partial charge in [-0.05, 0) is 92.6 Å². The Bertz CT molecular complexity index is 1970. The summed E-state index contributed by atoms with van der Waals surface area (Å²) in [6.07, 6.45) is 4.28. The molecule has 2 aromatic carbocycles. The number of hydrogen-bond donors (Lipinski definition) is 2. The first kappa shape index (κ1) is 42.5. The van der Waals surface area contributed by atoms with E-state index in [-0.39, 0.29) is 42.3 Å². The van der Waals surface area contributed by atoms with Crippen LogP contribution >= 0.6 is 0 Å². The largest absolute Gasteiger partial charge is 0.467 e. The van der Waals surface area contributed by atoms with Crippen molar-refractivity contribution in [3.8, 4) is 22.4 Å². The smallest absolute Gasteiger partial charge is 0.293 e. The summed E-state index contributed by atoms with van der Waals surface area (Å²) in [5.41, 5.74) is 10.7. The van der Waals surface area contributed by atoms with Gasteiger partial charge in [0.25, 0.3) is 12.4 Å². The van der Waals surface area contributed by atoms with Crippen LogP contribution in [0.5, 0.6) is 0 Å². The number of ether oxygens (including phenoxy) is 2. The number of carbonyl (C=O) groups excluding carboxylic acids is 3. The van der Waals surface area contributed by atoms with Crippen molar-refractivity contribution >= 4 is 29.2 Å². The van der Waals surface area contributed by atoms with Crippen LogP contribution in [0.2, 0.25) is 0 Å². The van der Waals surface area contributed by atoms with Crippen molar-refractivity contribution in [2.45, 2.75) is 92.0 Å². The van der Waals surface area contributed by atoms with Gasteiger partial charge >= 0.3 is 0 Å². The number of nitrogens with one attached hydrogen (secondary N) is 2. The van der Waals surface area contributed by atoms with Crippen molar-refractivity contribution in [2.75, 3.05) is 40.7 Å². The van der Waals surface area contributed by atoms with Gasteiger partial charge in [0, 0.05) is 61.2 Å². The van der Waals surface area contributed by atoms with Gasteiger partial charge in [0.05, 0.1) is 30.1 Å². The first-order chi connectivity index (χ1) is 26.8. The molecule has 0 bridgehead atoms.